The van der Waals surface area contributed by atoms with E-state index in [1.807, 2.05) is 0 Å². The fourth-order valence-electron chi connectivity index (χ4n) is 6.30. The molecule has 3 heterocycles. The van der Waals surface area contributed by atoms with E-state index in [9.17, 15) is 54.6 Å². The Morgan fingerprint density at radius 1 is 1.00 bits per heavy atom. The minimum atomic E-state index is -2.03. The molecule has 0 spiro atoms. The molecule has 0 radical (unpaired) electrons. The number of carboxylic acids is 1. The van der Waals surface area contributed by atoms with Gasteiger partial charge in [0.05, 0.1) is 31.7 Å². The van der Waals surface area contributed by atoms with Gasteiger partial charge in [-0.2, -0.15) is 0 Å². The number of H-pyrrole nitrogens is 1. The van der Waals surface area contributed by atoms with Crippen molar-refractivity contribution in [2.24, 2.45) is 11.8 Å². The van der Waals surface area contributed by atoms with Gasteiger partial charge in [-0.05, 0) is 38.0 Å². The van der Waals surface area contributed by atoms with Crippen LogP contribution < -0.4 is 21.3 Å². The Morgan fingerprint density at radius 3 is 2.16 bits per heavy atom. The molecule has 288 valence electrons. The number of amides is 4. The van der Waals surface area contributed by atoms with E-state index in [-0.39, 0.29) is 31.7 Å². The lowest BCUT2D eigenvalue weighted by molar-refractivity contribution is -0.153. The van der Waals surface area contributed by atoms with Gasteiger partial charge in [-0.15, -0.1) is 0 Å². The summed E-state index contributed by atoms with van der Waals surface area (Å²) in [6, 6.07) is -6.40. The van der Waals surface area contributed by atoms with E-state index in [0.717, 1.165) is 4.90 Å². The topological polar surface area (TPSA) is 296 Å². The first-order valence-corrected chi connectivity index (χ1v) is 17.1. The first-order chi connectivity index (χ1) is 24.0. The number of likely N-dealkylation sites (tertiary alicyclic amines) is 1. The highest BCUT2D eigenvalue weighted by atomic mass is 16.6. The van der Waals surface area contributed by atoms with Gasteiger partial charge in [-0.3, -0.25) is 24.5 Å². The van der Waals surface area contributed by atoms with Gasteiger partial charge in [0, 0.05) is 24.9 Å². The quantitative estimate of drug-likeness (QED) is 0.0695. The number of hydrogen-bond acceptors (Lipinski definition) is 13. The number of carbonyl (C=O) groups excluding carboxylic acids is 4. The Morgan fingerprint density at radius 2 is 1.65 bits per heavy atom. The summed E-state index contributed by atoms with van der Waals surface area (Å²) in [4.78, 5) is 74.3. The summed E-state index contributed by atoms with van der Waals surface area (Å²) >= 11 is 0. The van der Waals surface area contributed by atoms with Crippen LogP contribution in [0.2, 0.25) is 0 Å². The van der Waals surface area contributed by atoms with Gasteiger partial charge in [0.25, 0.3) is 0 Å². The Hall–Kier alpha value is -3.72. The Bertz CT molecular complexity index is 1350. The molecule has 4 amide bonds. The Balaban J connectivity index is 1.84. The van der Waals surface area contributed by atoms with Crippen LogP contribution in [0.25, 0.3) is 0 Å². The molecule has 2 aliphatic heterocycles. The number of rotatable bonds is 18. The molecule has 19 heteroatoms. The van der Waals surface area contributed by atoms with Crippen molar-refractivity contribution in [3.05, 3.63) is 18.2 Å². The third-order valence-corrected chi connectivity index (χ3v) is 9.13. The summed E-state index contributed by atoms with van der Waals surface area (Å²) in [5.41, 5.74) is -1.58. The number of aliphatic carboxylic acids is 1. The van der Waals surface area contributed by atoms with Crippen molar-refractivity contribution in [2.75, 3.05) is 19.8 Å². The van der Waals surface area contributed by atoms with Crippen molar-refractivity contribution >= 4 is 29.6 Å². The van der Waals surface area contributed by atoms with Crippen molar-refractivity contribution in [1.29, 1.82) is 0 Å². The number of hydrogen-bond donors (Lipinski definition) is 11. The Kier molecular flexibility index (Phi) is 14.8. The standard InChI is InChI=1S/C32H53N7O12/c1-15(2)9-19(28(46)37-24(17(5)42)30(48)39-8-6-7-21(39)31(49)50)35-27(45)20(10-18-11-33-14-34-18)36-29(47)23(16(3)4)38-32(13-41)26(44)25(43)22(12-40)51-32/h11,14-17,19-26,38,40-44H,6-10,12-13H2,1-5H3,(H,33,34)(H,35,45)(H,36,47)(H,37,46)(H,49,50)/t17?,19?,20?,21-,22+,23?,24?,25+,26-,32-/m0/s1. The zero-order valence-electron chi connectivity index (χ0n) is 29.5. The third-order valence-electron chi connectivity index (χ3n) is 9.13. The van der Waals surface area contributed by atoms with E-state index >= 15 is 0 Å². The number of carbonyl (C=O) groups is 5. The molecule has 1 aromatic rings. The number of nitrogens with zero attached hydrogens (tertiary/aromatic N) is 2. The minimum absolute atomic E-state index is 0.0866. The monoisotopic (exact) mass is 727 g/mol. The fraction of sp³-hybridized carbons (Fsp3) is 0.750. The lowest BCUT2D eigenvalue weighted by Crippen LogP contribution is -2.66. The molecule has 11 N–H and O–H groups in total. The van der Waals surface area contributed by atoms with Gasteiger partial charge in [0.2, 0.25) is 23.6 Å². The highest BCUT2D eigenvalue weighted by molar-refractivity contribution is 5.96. The zero-order chi connectivity index (χ0) is 38.2. The lowest BCUT2D eigenvalue weighted by atomic mass is 9.97. The Labute approximate surface area is 295 Å². The van der Waals surface area contributed by atoms with Gasteiger partial charge in [-0.25, -0.2) is 9.78 Å². The summed E-state index contributed by atoms with van der Waals surface area (Å²) in [5.74, 6) is -5.04. The maximum atomic E-state index is 13.9. The van der Waals surface area contributed by atoms with Crippen LogP contribution in [0.15, 0.2) is 12.5 Å². The van der Waals surface area contributed by atoms with Gasteiger partial charge < -0.3 is 61.2 Å². The SMILES string of the molecule is CC(C)CC(NC(=O)C(Cc1cnc[nH]1)NC(=O)C(N[C@@]1(CO)O[C@H](CO)[C@@H](O)[C@@H]1O)C(C)C)C(=O)NC(C(=O)N1CCC[C@H]1C(=O)O)C(C)O. The molecule has 0 aliphatic carbocycles. The number of ether oxygens (including phenoxy) is 1. The molecule has 19 nitrogen and oxygen atoms in total. The first kappa shape index (κ1) is 41.7. The smallest absolute Gasteiger partial charge is 0.326 e. The van der Waals surface area contributed by atoms with E-state index in [1.54, 1.807) is 27.7 Å². The van der Waals surface area contributed by atoms with Crippen LogP contribution >= 0.6 is 0 Å². The van der Waals surface area contributed by atoms with Crippen LogP contribution in [0.1, 0.15) is 59.6 Å². The second-order valence-electron chi connectivity index (χ2n) is 14.0. The summed E-state index contributed by atoms with van der Waals surface area (Å²) in [6.45, 7) is 6.74. The number of aliphatic hydroxyl groups is 5. The van der Waals surface area contributed by atoms with Crippen LogP contribution in [0.4, 0.5) is 0 Å². The number of aromatic amines is 1. The largest absolute Gasteiger partial charge is 0.480 e. The summed E-state index contributed by atoms with van der Waals surface area (Å²) < 4.78 is 5.57. The molecular formula is C32H53N7O12. The van der Waals surface area contributed by atoms with Crippen LogP contribution in [0, 0.1) is 11.8 Å². The highest BCUT2D eigenvalue weighted by Crippen LogP contribution is 2.30. The zero-order valence-corrected chi connectivity index (χ0v) is 29.5. The molecule has 0 bridgehead atoms. The molecule has 2 saturated heterocycles. The predicted molar refractivity (Wildman–Crippen MR) is 177 cm³/mol. The third kappa shape index (κ3) is 10.2. The van der Waals surface area contributed by atoms with Gasteiger partial charge in [-0.1, -0.05) is 27.7 Å². The molecule has 5 unspecified atom stereocenters. The van der Waals surface area contributed by atoms with Crippen molar-refractivity contribution < 1.29 is 59.3 Å². The van der Waals surface area contributed by atoms with Crippen molar-refractivity contribution in [2.45, 2.75) is 121 Å². The van der Waals surface area contributed by atoms with Crippen LogP contribution in [0.3, 0.4) is 0 Å². The van der Waals surface area contributed by atoms with E-state index in [0.29, 0.717) is 12.1 Å². The van der Waals surface area contributed by atoms with E-state index in [2.05, 4.69) is 31.2 Å². The lowest BCUT2D eigenvalue weighted by Gasteiger charge is -2.36. The fourth-order valence-corrected chi connectivity index (χ4v) is 6.30. The van der Waals surface area contributed by atoms with Crippen LogP contribution in [-0.4, -0.2) is 155 Å². The second-order valence-corrected chi connectivity index (χ2v) is 14.0. The molecule has 0 aromatic carbocycles. The van der Waals surface area contributed by atoms with Gasteiger partial charge >= 0.3 is 5.97 Å². The van der Waals surface area contributed by atoms with Crippen molar-refractivity contribution in [1.82, 2.24) is 36.1 Å². The first-order valence-electron chi connectivity index (χ1n) is 17.1. The maximum absolute atomic E-state index is 13.9. The summed E-state index contributed by atoms with van der Waals surface area (Å²) in [7, 11) is 0. The molecular weight excluding hydrogens is 674 g/mol. The van der Waals surface area contributed by atoms with Crippen LogP contribution in [0.5, 0.6) is 0 Å². The summed E-state index contributed by atoms with van der Waals surface area (Å²) in [5, 5.41) is 71.3. The van der Waals surface area contributed by atoms with E-state index in [1.165, 1.54) is 19.4 Å². The van der Waals surface area contributed by atoms with E-state index in [4.69, 9.17) is 4.74 Å². The molecule has 3 rings (SSSR count). The van der Waals surface area contributed by atoms with E-state index < -0.39 is 109 Å². The normalized spacial score (nSPS) is 26.4. The second kappa shape index (κ2) is 18.2. The molecule has 1 aromatic heterocycles. The minimum Gasteiger partial charge on any atom is -0.480 e. The highest BCUT2D eigenvalue weighted by Gasteiger charge is 2.55. The number of nitrogens with one attached hydrogen (secondary N) is 5. The number of carboxylic acid groups (broad SMARTS) is 1. The van der Waals surface area contributed by atoms with Crippen LogP contribution in [-0.2, 0) is 35.1 Å². The predicted octanol–water partition coefficient (Wildman–Crippen LogP) is -3.68. The van der Waals surface area contributed by atoms with Gasteiger partial charge in [0.15, 0.2) is 5.72 Å². The number of aromatic nitrogens is 2. The average Bonchev–Trinajstić information content (AvgIpc) is 3.82. The van der Waals surface area contributed by atoms with Crippen molar-refractivity contribution in [3.8, 4) is 0 Å². The average molecular weight is 728 g/mol. The molecule has 2 aliphatic rings. The molecule has 51 heavy (non-hydrogen) atoms. The molecule has 10 atom stereocenters. The number of aliphatic hydroxyl groups excluding tert-OH is 5. The maximum Gasteiger partial charge on any atom is 0.326 e. The molecule has 0 saturated carbocycles. The number of imidazole rings is 1. The van der Waals surface area contributed by atoms with Gasteiger partial charge in [0.1, 0.15) is 42.5 Å². The van der Waals surface area contributed by atoms with Crippen molar-refractivity contribution in [3.63, 3.8) is 0 Å². The molecule has 2 fully saturated rings. The summed E-state index contributed by atoms with van der Waals surface area (Å²) in [6.07, 6.45) is -2.53.